The van der Waals surface area contributed by atoms with E-state index >= 15 is 0 Å². The minimum Gasteiger partial charge on any atom is -0.493 e. The number of hydrogen-bond donors (Lipinski definition) is 0. The lowest BCUT2D eigenvalue weighted by Gasteiger charge is -2.12. The molecule has 33 heavy (non-hydrogen) atoms. The first kappa shape index (κ1) is 23.2. The van der Waals surface area contributed by atoms with Gasteiger partial charge in [-0.15, -0.1) is 0 Å². The predicted octanol–water partition coefficient (Wildman–Crippen LogP) is 4.39. The van der Waals surface area contributed by atoms with Gasteiger partial charge in [-0.05, 0) is 35.4 Å². The Hall–Kier alpha value is -4.42. The third kappa shape index (κ3) is 5.64. The van der Waals surface area contributed by atoms with Crippen LogP contribution in [0.3, 0.4) is 0 Å². The van der Waals surface area contributed by atoms with E-state index in [-0.39, 0.29) is 36.0 Å². The van der Waals surface area contributed by atoms with E-state index in [1.807, 2.05) is 12.1 Å². The Bertz CT molecular complexity index is 1180. The number of nitro benzene ring substituents is 1. The van der Waals surface area contributed by atoms with E-state index in [2.05, 4.69) is 6.07 Å². The van der Waals surface area contributed by atoms with Crippen LogP contribution < -0.4 is 14.2 Å². The molecule has 0 fully saturated rings. The fraction of sp³-hybridized carbons (Fsp3) is 0.167. The van der Waals surface area contributed by atoms with Crippen LogP contribution in [0.15, 0.2) is 60.7 Å². The van der Waals surface area contributed by atoms with Crippen molar-refractivity contribution in [1.82, 2.24) is 0 Å². The molecule has 0 saturated carbocycles. The number of esters is 1. The van der Waals surface area contributed by atoms with Crippen molar-refractivity contribution in [2.24, 2.45) is 0 Å². The molecular weight excluding hydrogens is 428 g/mol. The SMILES string of the molecule is COCCOc1cc([N+](=O)[O-])c(C(=O)Oc2ccc(-c3ccc(C#N)cc3)cc2)cc1OC. The molecular formula is C24H20N2O7. The van der Waals surface area contributed by atoms with E-state index in [0.717, 1.165) is 17.2 Å². The Labute approximate surface area is 189 Å². The minimum absolute atomic E-state index is 0.115. The van der Waals surface area contributed by atoms with Crippen molar-refractivity contribution in [3.8, 4) is 34.4 Å². The van der Waals surface area contributed by atoms with Crippen LogP contribution in [0.4, 0.5) is 5.69 Å². The molecule has 0 saturated heterocycles. The molecule has 3 aromatic rings. The van der Waals surface area contributed by atoms with Gasteiger partial charge in [-0.2, -0.15) is 5.26 Å². The second-order valence-corrected chi connectivity index (χ2v) is 6.72. The molecule has 9 heteroatoms. The number of nitriles is 1. The van der Waals surface area contributed by atoms with Gasteiger partial charge in [0.1, 0.15) is 17.9 Å². The number of hydrogen-bond acceptors (Lipinski definition) is 8. The first-order valence-corrected chi connectivity index (χ1v) is 9.77. The van der Waals surface area contributed by atoms with Crippen molar-refractivity contribution >= 4 is 11.7 Å². The van der Waals surface area contributed by atoms with Crippen LogP contribution >= 0.6 is 0 Å². The number of rotatable bonds is 9. The molecule has 168 valence electrons. The number of carbonyl (C=O) groups excluding carboxylic acids is 1. The molecule has 0 atom stereocenters. The van der Waals surface area contributed by atoms with Crippen LogP contribution in [0.5, 0.6) is 17.2 Å². The number of carbonyl (C=O) groups is 1. The summed E-state index contributed by atoms with van der Waals surface area (Å²) in [6, 6.07) is 18.1. The molecule has 0 amide bonds. The van der Waals surface area contributed by atoms with Crippen LogP contribution in [0, 0.1) is 21.4 Å². The molecule has 0 aliphatic rings. The molecule has 0 unspecified atom stereocenters. The number of ether oxygens (including phenoxy) is 4. The zero-order chi connectivity index (χ0) is 23.8. The Morgan fingerprint density at radius 2 is 1.61 bits per heavy atom. The Morgan fingerprint density at radius 3 is 2.15 bits per heavy atom. The van der Waals surface area contributed by atoms with Gasteiger partial charge in [0.25, 0.3) is 5.69 Å². The highest BCUT2D eigenvalue weighted by Crippen LogP contribution is 2.35. The van der Waals surface area contributed by atoms with Gasteiger partial charge in [0.05, 0.1) is 36.3 Å². The summed E-state index contributed by atoms with van der Waals surface area (Å²) in [6.45, 7) is 0.429. The lowest BCUT2D eigenvalue weighted by molar-refractivity contribution is -0.385. The Morgan fingerprint density at radius 1 is 0.970 bits per heavy atom. The average molecular weight is 448 g/mol. The van der Waals surface area contributed by atoms with Crippen LogP contribution in [0.1, 0.15) is 15.9 Å². The fourth-order valence-electron chi connectivity index (χ4n) is 2.99. The first-order valence-electron chi connectivity index (χ1n) is 9.77. The second kappa shape index (κ2) is 10.7. The molecule has 0 radical (unpaired) electrons. The average Bonchev–Trinajstić information content (AvgIpc) is 2.84. The van der Waals surface area contributed by atoms with Gasteiger partial charge in [-0.25, -0.2) is 4.79 Å². The molecule has 0 aromatic heterocycles. The Kier molecular flexibility index (Phi) is 7.57. The van der Waals surface area contributed by atoms with Crippen molar-refractivity contribution < 1.29 is 28.7 Å². The van der Waals surface area contributed by atoms with E-state index < -0.39 is 16.6 Å². The van der Waals surface area contributed by atoms with Crippen molar-refractivity contribution in [3.63, 3.8) is 0 Å². The Balaban J connectivity index is 1.82. The van der Waals surface area contributed by atoms with E-state index in [9.17, 15) is 14.9 Å². The number of nitrogens with zero attached hydrogens (tertiary/aromatic N) is 2. The van der Waals surface area contributed by atoms with Gasteiger partial charge in [0, 0.05) is 13.2 Å². The molecule has 0 aliphatic carbocycles. The van der Waals surface area contributed by atoms with Crippen molar-refractivity contribution in [2.45, 2.75) is 0 Å². The maximum Gasteiger partial charge on any atom is 0.350 e. The lowest BCUT2D eigenvalue weighted by Crippen LogP contribution is -2.12. The van der Waals surface area contributed by atoms with Gasteiger partial charge in [0.2, 0.25) is 0 Å². The molecule has 3 rings (SSSR count). The summed E-state index contributed by atoms with van der Waals surface area (Å²) in [5.41, 5.74) is 1.55. The number of methoxy groups -OCH3 is 2. The highest BCUT2D eigenvalue weighted by Gasteiger charge is 2.26. The standard InChI is InChI=1S/C24H20N2O7/c1-30-11-12-32-23-14-21(26(28)29)20(13-22(23)31-2)24(27)33-19-9-7-18(8-10-19)17-5-3-16(15-25)4-6-17/h3-10,13-14H,11-12H2,1-2H3. The molecule has 9 nitrogen and oxygen atoms in total. The van der Waals surface area contributed by atoms with Crippen LogP contribution in [-0.4, -0.2) is 38.3 Å². The molecule has 0 bridgehead atoms. The van der Waals surface area contributed by atoms with Crippen molar-refractivity contribution in [2.75, 3.05) is 27.4 Å². The van der Waals surface area contributed by atoms with Gasteiger partial charge in [-0.3, -0.25) is 10.1 Å². The summed E-state index contributed by atoms with van der Waals surface area (Å²) in [5, 5.41) is 20.5. The van der Waals surface area contributed by atoms with Crippen LogP contribution in [0.25, 0.3) is 11.1 Å². The topological polar surface area (TPSA) is 121 Å². The smallest absolute Gasteiger partial charge is 0.350 e. The summed E-state index contributed by atoms with van der Waals surface area (Å²) in [6.07, 6.45) is 0. The lowest BCUT2D eigenvalue weighted by atomic mass is 10.0. The minimum atomic E-state index is -0.908. The molecule has 3 aromatic carbocycles. The van der Waals surface area contributed by atoms with E-state index in [1.165, 1.54) is 20.3 Å². The first-order chi connectivity index (χ1) is 16.0. The van der Waals surface area contributed by atoms with Crippen molar-refractivity contribution in [3.05, 3.63) is 81.9 Å². The summed E-state index contributed by atoms with van der Waals surface area (Å²) >= 11 is 0. The second-order valence-electron chi connectivity index (χ2n) is 6.72. The van der Waals surface area contributed by atoms with Gasteiger partial charge < -0.3 is 18.9 Å². The summed E-state index contributed by atoms with van der Waals surface area (Å²) in [4.78, 5) is 23.6. The predicted molar refractivity (Wildman–Crippen MR) is 119 cm³/mol. The zero-order valence-corrected chi connectivity index (χ0v) is 17.9. The summed E-state index contributed by atoms with van der Waals surface area (Å²) < 4.78 is 20.9. The quantitative estimate of drug-likeness (QED) is 0.155. The largest absolute Gasteiger partial charge is 0.493 e. The van der Waals surface area contributed by atoms with E-state index in [4.69, 9.17) is 24.2 Å². The molecule has 0 heterocycles. The molecule has 0 aliphatic heterocycles. The monoisotopic (exact) mass is 448 g/mol. The van der Waals surface area contributed by atoms with Gasteiger partial charge in [-0.1, -0.05) is 24.3 Å². The van der Waals surface area contributed by atoms with Crippen LogP contribution in [-0.2, 0) is 4.74 Å². The normalized spacial score (nSPS) is 10.2. The maximum atomic E-state index is 12.7. The third-order valence-corrected chi connectivity index (χ3v) is 4.66. The zero-order valence-electron chi connectivity index (χ0n) is 17.9. The molecule has 0 spiro atoms. The highest BCUT2D eigenvalue weighted by atomic mass is 16.6. The summed E-state index contributed by atoms with van der Waals surface area (Å²) in [7, 11) is 2.86. The number of nitro groups is 1. The molecule has 0 N–H and O–H groups in total. The van der Waals surface area contributed by atoms with Crippen molar-refractivity contribution in [1.29, 1.82) is 5.26 Å². The summed E-state index contributed by atoms with van der Waals surface area (Å²) in [5.74, 6) is -0.426. The number of benzene rings is 3. The van der Waals surface area contributed by atoms with E-state index in [1.54, 1.807) is 36.4 Å². The van der Waals surface area contributed by atoms with Gasteiger partial charge >= 0.3 is 5.97 Å². The van der Waals surface area contributed by atoms with E-state index in [0.29, 0.717) is 5.56 Å². The maximum absolute atomic E-state index is 12.7. The highest BCUT2D eigenvalue weighted by molar-refractivity contribution is 5.96. The fourth-order valence-corrected chi connectivity index (χ4v) is 2.99. The van der Waals surface area contributed by atoms with Gasteiger partial charge in [0.15, 0.2) is 11.5 Å². The van der Waals surface area contributed by atoms with Crippen LogP contribution in [0.2, 0.25) is 0 Å². The third-order valence-electron chi connectivity index (χ3n) is 4.66.